The van der Waals surface area contributed by atoms with Crippen LogP contribution in [0.15, 0.2) is 18.2 Å². The Hall–Kier alpha value is -1.88. The molecule has 0 radical (unpaired) electrons. The molecule has 0 aliphatic carbocycles. The molecule has 2 aliphatic rings. The van der Waals surface area contributed by atoms with Gasteiger partial charge in [-0.25, -0.2) is 0 Å². The first-order chi connectivity index (χ1) is 9.15. The summed E-state index contributed by atoms with van der Waals surface area (Å²) >= 11 is 0. The van der Waals surface area contributed by atoms with Crippen molar-refractivity contribution in [3.63, 3.8) is 0 Å². The topological polar surface area (TPSA) is 67.4 Å². The summed E-state index contributed by atoms with van der Waals surface area (Å²) in [5.74, 6) is -0.145. The van der Waals surface area contributed by atoms with Gasteiger partial charge in [0.25, 0.3) is 11.8 Å². The van der Waals surface area contributed by atoms with Crippen molar-refractivity contribution in [2.75, 3.05) is 18.5 Å². The van der Waals surface area contributed by atoms with Gasteiger partial charge in [-0.3, -0.25) is 14.9 Å². The van der Waals surface area contributed by atoms with Crippen LogP contribution in [0.1, 0.15) is 34.1 Å². The Kier molecular flexibility index (Phi) is 2.98. The molecule has 1 saturated heterocycles. The summed E-state index contributed by atoms with van der Waals surface area (Å²) in [5, 5.41) is 5.67. The molecular weight excluding hydrogens is 244 g/mol. The first-order valence-electron chi connectivity index (χ1n) is 6.49. The molecule has 0 bridgehead atoms. The number of rotatable bonds is 3. The first-order valence-corrected chi connectivity index (χ1v) is 6.49. The Morgan fingerprint density at radius 2 is 2.11 bits per heavy atom. The minimum absolute atomic E-state index is 0.278. The molecule has 2 atom stereocenters. The highest BCUT2D eigenvalue weighted by Crippen LogP contribution is 2.24. The van der Waals surface area contributed by atoms with E-state index in [0.29, 0.717) is 17.0 Å². The summed E-state index contributed by atoms with van der Waals surface area (Å²) in [6.07, 6.45) is 1.05. The Morgan fingerprint density at radius 1 is 1.32 bits per heavy atom. The molecule has 2 aliphatic heterocycles. The quantitative estimate of drug-likeness (QED) is 0.806. The third-order valence-electron chi connectivity index (χ3n) is 3.80. The molecule has 0 saturated carbocycles. The SMILES string of the molecule is CC(Nc1ccc2c(c1)C(=O)NC2=O)C1CCOC1. The molecule has 5 heteroatoms. The Labute approximate surface area is 111 Å². The van der Waals surface area contributed by atoms with Gasteiger partial charge in [0, 0.05) is 24.3 Å². The van der Waals surface area contributed by atoms with Gasteiger partial charge in [0.15, 0.2) is 0 Å². The number of hydrogen-bond donors (Lipinski definition) is 2. The van der Waals surface area contributed by atoms with Crippen LogP contribution in [-0.2, 0) is 4.74 Å². The van der Waals surface area contributed by atoms with E-state index in [0.717, 1.165) is 25.3 Å². The number of ether oxygens (including phenoxy) is 1. The smallest absolute Gasteiger partial charge is 0.259 e. The summed E-state index contributed by atoms with van der Waals surface area (Å²) in [6.45, 7) is 3.70. The predicted molar refractivity (Wildman–Crippen MR) is 70.2 cm³/mol. The van der Waals surface area contributed by atoms with E-state index in [1.807, 2.05) is 6.07 Å². The Balaban J connectivity index is 1.77. The lowest BCUT2D eigenvalue weighted by atomic mass is 10.00. The lowest BCUT2D eigenvalue weighted by Gasteiger charge is -2.20. The zero-order chi connectivity index (χ0) is 13.4. The molecule has 2 unspecified atom stereocenters. The molecule has 0 aromatic heterocycles. The van der Waals surface area contributed by atoms with E-state index in [1.165, 1.54) is 0 Å². The lowest BCUT2D eigenvalue weighted by molar-refractivity contribution is 0.0879. The number of amides is 2. The Morgan fingerprint density at radius 3 is 2.84 bits per heavy atom. The highest BCUT2D eigenvalue weighted by Gasteiger charge is 2.27. The van der Waals surface area contributed by atoms with Crippen LogP contribution in [0.25, 0.3) is 0 Å². The second kappa shape index (κ2) is 4.66. The third-order valence-corrected chi connectivity index (χ3v) is 3.80. The van der Waals surface area contributed by atoms with Crippen molar-refractivity contribution in [2.24, 2.45) is 5.92 Å². The van der Waals surface area contributed by atoms with Crippen LogP contribution in [0.2, 0.25) is 0 Å². The molecule has 3 rings (SSSR count). The van der Waals surface area contributed by atoms with Crippen LogP contribution >= 0.6 is 0 Å². The number of imide groups is 1. The van der Waals surface area contributed by atoms with Crippen LogP contribution in [0, 0.1) is 5.92 Å². The monoisotopic (exact) mass is 260 g/mol. The van der Waals surface area contributed by atoms with Crippen LogP contribution in [0.4, 0.5) is 5.69 Å². The molecule has 1 fully saturated rings. The molecule has 100 valence electrons. The zero-order valence-corrected chi connectivity index (χ0v) is 10.7. The molecule has 1 aromatic rings. The van der Waals surface area contributed by atoms with Gasteiger partial charge in [0.05, 0.1) is 17.7 Å². The van der Waals surface area contributed by atoms with E-state index < -0.39 is 0 Å². The summed E-state index contributed by atoms with van der Waals surface area (Å²) in [4.78, 5) is 23.0. The van der Waals surface area contributed by atoms with E-state index >= 15 is 0 Å². The van der Waals surface area contributed by atoms with Crippen LogP contribution in [-0.4, -0.2) is 31.1 Å². The molecule has 19 heavy (non-hydrogen) atoms. The predicted octanol–water partition coefficient (Wildman–Crippen LogP) is 1.41. The maximum absolute atomic E-state index is 11.6. The number of anilines is 1. The number of hydrogen-bond acceptors (Lipinski definition) is 4. The van der Waals surface area contributed by atoms with Crippen molar-refractivity contribution in [3.05, 3.63) is 29.3 Å². The van der Waals surface area contributed by atoms with Crippen molar-refractivity contribution in [1.82, 2.24) is 5.32 Å². The van der Waals surface area contributed by atoms with Gasteiger partial charge in [-0.1, -0.05) is 0 Å². The average molecular weight is 260 g/mol. The number of benzene rings is 1. The zero-order valence-electron chi connectivity index (χ0n) is 10.7. The van der Waals surface area contributed by atoms with Crippen molar-refractivity contribution in [3.8, 4) is 0 Å². The highest BCUT2D eigenvalue weighted by atomic mass is 16.5. The minimum atomic E-state index is -0.319. The van der Waals surface area contributed by atoms with Gasteiger partial charge in [0.1, 0.15) is 0 Å². The minimum Gasteiger partial charge on any atom is -0.382 e. The van der Waals surface area contributed by atoms with E-state index in [1.54, 1.807) is 12.1 Å². The molecule has 1 aromatic carbocycles. The molecular formula is C14H16N2O3. The number of fused-ring (bicyclic) bond motifs is 1. The fourth-order valence-electron chi connectivity index (χ4n) is 2.59. The fourth-order valence-corrected chi connectivity index (χ4v) is 2.59. The van der Waals surface area contributed by atoms with E-state index in [-0.39, 0.29) is 17.9 Å². The van der Waals surface area contributed by atoms with Crippen molar-refractivity contribution < 1.29 is 14.3 Å². The molecule has 5 nitrogen and oxygen atoms in total. The van der Waals surface area contributed by atoms with Gasteiger partial charge in [-0.05, 0) is 31.5 Å². The normalized spacial score (nSPS) is 23.1. The van der Waals surface area contributed by atoms with Crippen molar-refractivity contribution in [1.29, 1.82) is 0 Å². The van der Waals surface area contributed by atoms with Gasteiger partial charge in [0.2, 0.25) is 0 Å². The number of carbonyl (C=O) groups excluding carboxylic acids is 2. The Bertz CT molecular complexity index is 535. The van der Waals surface area contributed by atoms with Gasteiger partial charge in [-0.2, -0.15) is 0 Å². The molecule has 2 N–H and O–H groups in total. The second-order valence-electron chi connectivity index (χ2n) is 5.10. The standard InChI is InChI=1S/C14H16N2O3/c1-8(9-4-5-19-7-9)15-10-2-3-11-12(6-10)14(18)16-13(11)17/h2-3,6,8-9,15H,4-5,7H2,1H3,(H,16,17,18). The molecule has 2 heterocycles. The number of carbonyl (C=O) groups is 2. The van der Waals surface area contributed by atoms with Gasteiger partial charge in [-0.15, -0.1) is 0 Å². The second-order valence-corrected chi connectivity index (χ2v) is 5.10. The summed E-state index contributed by atoms with van der Waals surface area (Å²) in [7, 11) is 0. The number of nitrogens with one attached hydrogen (secondary N) is 2. The molecule has 2 amide bonds. The first kappa shape index (κ1) is 12.2. The maximum atomic E-state index is 11.6. The summed E-state index contributed by atoms with van der Waals surface area (Å²) < 4.78 is 5.37. The van der Waals surface area contributed by atoms with E-state index in [4.69, 9.17) is 4.74 Å². The summed E-state index contributed by atoms with van der Waals surface area (Å²) in [6, 6.07) is 5.54. The van der Waals surface area contributed by atoms with Crippen molar-refractivity contribution in [2.45, 2.75) is 19.4 Å². The highest BCUT2D eigenvalue weighted by molar-refractivity contribution is 6.21. The van der Waals surface area contributed by atoms with Crippen LogP contribution in [0.3, 0.4) is 0 Å². The maximum Gasteiger partial charge on any atom is 0.259 e. The third kappa shape index (κ3) is 2.21. The van der Waals surface area contributed by atoms with Gasteiger partial charge >= 0.3 is 0 Å². The summed E-state index contributed by atoms with van der Waals surface area (Å²) in [5.41, 5.74) is 1.76. The van der Waals surface area contributed by atoms with Crippen LogP contribution in [0.5, 0.6) is 0 Å². The average Bonchev–Trinajstić information content (AvgIpc) is 2.99. The van der Waals surface area contributed by atoms with Crippen molar-refractivity contribution >= 4 is 17.5 Å². The molecule has 0 spiro atoms. The fraction of sp³-hybridized carbons (Fsp3) is 0.429. The van der Waals surface area contributed by atoms with Crippen LogP contribution < -0.4 is 10.6 Å². The lowest BCUT2D eigenvalue weighted by Crippen LogP contribution is -2.26. The largest absolute Gasteiger partial charge is 0.382 e. The van der Waals surface area contributed by atoms with E-state index in [2.05, 4.69) is 17.6 Å². The van der Waals surface area contributed by atoms with Gasteiger partial charge < -0.3 is 10.1 Å². The van der Waals surface area contributed by atoms with E-state index in [9.17, 15) is 9.59 Å².